The number of aliphatic hydroxyl groups excluding tert-OH is 1. The van der Waals surface area contributed by atoms with Gasteiger partial charge in [0.1, 0.15) is 37.1 Å². The topological polar surface area (TPSA) is 173 Å². The first kappa shape index (κ1) is 51.2. The van der Waals surface area contributed by atoms with Crippen LogP contribution in [0.25, 0.3) is 5.57 Å². The minimum Gasteiger partial charge on any atom is -0.453 e. The number of cyclic esters (lactones) is 1. The van der Waals surface area contributed by atoms with Crippen molar-refractivity contribution in [3.8, 4) is 0 Å². The number of ketones is 2. The molecule has 5 aromatic carbocycles. The zero-order valence-electron chi connectivity index (χ0n) is 39.5. The van der Waals surface area contributed by atoms with Crippen LogP contribution in [0.1, 0.15) is 59.2 Å². The summed E-state index contributed by atoms with van der Waals surface area (Å²) >= 11 is 0. The van der Waals surface area contributed by atoms with E-state index < -0.39 is 78.3 Å². The SMILES string of the molecule is CO[C@H]1O[C@H](CO)[C@@H](OCc2ccccc2)[C@H](OCc2ccccc2)[C@@H]1OCCCC(=O)C(=CC(=O)[C@@H](OC(C)=O)[C@H](Cc1ccccc1)C(=O)N1C(=O)OC[C@@H]1c1ccccc1)c1cccc(C)c1. The van der Waals surface area contributed by atoms with Gasteiger partial charge in [0.05, 0.1) is 25.7 Å². The molecule has 5 aromatic rings. The molecule has 2 amide bonds. The minimum atomic E-state index is -1.74. The summed E-state index contributed by atoms with van der Waals surface area (Å²) in [5.41, 5.74) is 4.37. The van der Waals surface area contributed by atoms with Gasteiger partial charge in [-0.15, -0.1) is 0 Å². The van der Waals surface area contributed by atoms with Crippen molar-refractivity contribution in [2.75, 3.05) is 26.9 Å². The Labute approximate surface area is 408 Å². The monoisotopic (exact) mass is 953 g/mol. The Morgan fingerprint density at radius 3 is 1.94 bits per heavy atom. The Bertz CT molecular complexity index is 2540. The molecule has 0 unspecified atom stereocenters. The predicted molar refractivity (Wildman–Crippen MR) is 258 cm³/mol. The average molecular weight is 954 g/mol. The van der Waals surface area contributed by atoms with Crippen molar-refractivity contribution in [2.45, 2.75) is 89.2 Å². The van der Waals surface area contributed by atoms with E-state index in [1.54, 1.807) is 78.9 Å². The third-order valence-corrected chi connectivity index (χ3v) is 12.2. The normalized spacial score (nSPS) is 21.1. The van der Waals surface area contributed by atoms with Crippen molar-refractivity contribution >= 4 is 35.1 Å². The molecule has 2 aliphatic rings. The highest BCUT2D eigenvalue weighted by molar-refractivity contribution is 6.25. The van der Waals surface area contributed by atoms with Crippen LogP contribution in [-0.2, 0) is 72.0 Å². The molecular formula is C56H59NO13. The van der Waals surface area contributed by atoms with Crippen molar-refractivity contribution in [3.63, 3.8) is 0 Å². The van der Waals surface area contributed by atoms with Crippen LogP contribution >= 0.6 is 0 Å². The summed E-state index contributed by atoms with van der Waals surface area (Å²) in [6.45, 7) is 2.92. The van der Waals surface area contributed by atoms with Crippen LogP contribution in [0.2, 0.25) is 0 Å². The quantitative estimate of drug-likeness (QED) is 0.0383. The number of hydrogen-bond acceptors (Lipinski definition) is 13. The molecule has 70 heavy (non-hydrogen) atoms. The van der Waals surface area contributed by atoms with Gasteiger partial charge in [0.25, 0.3) is 0 Å². The Balaban J connectivity index is 1.14. The number of amides is 2. The zero-order valence-corrected chi connectivity index (χ0v) is 39.5. The lowest BCUT2D eigenvalue weighted by atomic mass is 9.87. The van der Waals surface area contributed by atoms with E-state index >= 15 is 0 Å². The van der Waals surface area contributed by atoms with Crippen molar-refractivity contribution in [2.24, 2.45) is 5.92 Å². The second-order valence-corrected chi connectivity index (χ2v) is 17.2. The van der Waals surface area contributed by atoms with Crippen LogP contribution < -0.4 is 0 Å². The number of aryl methyl sites for hydroxylation is 1. The number of Topliss-reactive ketones (excluding diaryl/α,β-unsaturated/α-hetero) is 1. The standard InChI is InChI=1S/C56H59NO13/c1-37-18-16-27-43(30-37)44(32-48(61)50(69-38(2)59)45(31-39-19-8-4-9-20-39)54(62)57-46(36-68-56(57)63)42-25-14-7-15-26-42)47(60)28-17-29-65-53-52(67-35-41-23-12-6-13-24-41)51(49(33-58)70-55(53)64-3)66-34-40-21-10-5-11-22-40/h4-16,18-27,30,32,45-46,49-53,55,58H,17,28-29,31,33-36H2,1-3H3/t45-,46+,49+,50-,51+,52-,53-,55-/m0/s1. The van der Waals surface area contributed by atoms with E-state index in [4.69, 9.17) is 33.2 Å². The first-order valence-corrected chi connectivity index (χ1v) is 23.4. The maximum Gasteiger partial charge on any atom is 0.417 e. The first-order chi connectivity index (χ1) is 34.0. The lowest BCUT2D eigenvalue weighted by molar-refractivity contribution is -0.319. The van der Waals surface area contributed by atoms with Crippen LogP contribution in [0, 0.1) is 12.8 Å². The summed E-state index contributed by atoms with van der Waals surface area (Å²) in [4.78, 5) is 71.2. The van der Waals surface area contributed by atoms with E-state index in [1.165, 1.54) is 7.11 Å². The molecule has 14 heteroatoms. The Hall–Kier alpha value is -6.65. The number of nitrogens with zero attached hydrogens (tertiary/aromatic N) is 1. The van der Waals surface area contributed by atoms with Gasteiger partial charge in [-0.25, -0.2) is 9.69 Å². The maximum atomic E-state index is 14.8. The van der Waals surface area contributed by atoms with Crippen LogP contribution in [0.4, 0.5) is 4.79 Å². The molecule has 2 fully saturated rings. The van der Waals surface area contributed by atoms with E-state index in [9.17, 15) is 29.1 Å². The molecule has 2 saturated heterocycles. The second-order valence-electron chi connectivity index (χ2n) is 17.2. The maximum absolute atomic E-state index is 14.8. The molecule has 0 aromatic heterocycles. The van der Waals surface area contributed by atoms with Crippen molar-refractivity contribution in [1.82, 2.24) is 4.90 Å². The number of methoxy groups -OCH3 is 1. The van der Waals surface area contributed by atoms with Gasteiger partial charge < -0.3 is 38.3 Å². The first-order valence-electron chi connectivity index (χ1n) is 23.4. The summed E-state index contributed by atoms with van der Waals surface area (Å²) in [6, 6.07) is 43.2. The number of carbonyl (C=O) groups is 5. The molecule has 366 valence electrons. The van der Waals surface area contributed by atoms with Gasteiger partial charge in [0.15, 0.2) is 24.0 Å². The predicted octanol–water partition coefficient (Wildman–Crippen LogP) is 7.73. The van der Waals surface area contributed by atoms with Gasteiger partial charge in [0.2, 0.25) is 5.91 Å². The largest absolute Gasteiger partial charge is 0.453 e. The van der Waals surface area contributed by atoms with Crippen LogP contribution in [-0.4, -0.2) is 103 Å². The number of carbonyl (C=O) groups excluding carboxylic acids is 5. The van der Waals surface area contributed by atoms with E-state index in [2.05, 4.69) is 0 Å². The van der Waals surface area contributed by atoms with Gasteiger partial charge in [-0.2, -0.15) is 0 Å². The van der Waals surface area contributed by atoms with Crippen molar-refractivity contribution < 1.29 is 62.2 Å². The van der Waals surface area contributed by atoms with E-state index in [-0.39, 0.29) is 57.9 Å². The van der Waals surface area contributed by atoms with Gasteiger partial charge >= 0.3 is 12.1 Å². The molecule has 8 atom stereocenters. The fourth-order valence-electron chi connectivity index (χ4n) is 8.74. The number of rotatable bonds is 23. The lowest BCUT2D eigenvalue weighted by Gasteiger charge is -2.45. The molecule has 14 nitrogen and oxygen atoms in total. The number of hydrogen-bond donors (Lipinski definition) is 1. The highest BCUT2D eigenvalue weighted by atomic mass is 16.7. The summed E-state index contributed by atoms with van der Waals surface area (Å²) in [5.74, 6) is -4.27. The molecule has 0 radical (unpaired) electrons. The smallest absolute Gasteiger partial charge is 0.417 e. The average Bonchev–Trinajstić information content (AvgIpc) is 3.78. The van der Waals surface area contributed by atoms with Crippen LogP contribution in [0.5, 0.6) is 0 Å². The summed E-state index contributed by atoms with van der Waals surface area (Å²) < 4.78 is 42.5. The van der Waals surface area contributed by atoms with Crippen LogP contribution in [0.15, 0.2) is 152 Å². The number of esters is 1. The van der Waals surface area contributed by atoms with Crippen LogP contribution in [0.3, 0.4) is 0 Å². The number of benzene rings is 5. The second kappa shape index (κ2) is 25.3. The molecule has 0 spiro atoms. The fourth-order valence-corrected chi connectivity index (χ4v) is 8.74. The summed E-state index contributed by atoms with van der Waals surface area (Å²) in [5, 5.41) is 10.5. The number of imide groups is 1. The van der Waals surface area contributed by atoms with Crippen molar-refractivity contribution in [1.29, 1.82) is 0 Å². The molecule has 0 aliphatic carbocycles. The molecular weight excluding hydrogens is 895 g/mol. The highest BCUT2D eigenvalue weighted by Crippen LogP contribution is 2.34. The summed E-state index contributed by atoms with van der Waals surface area (Å²) in [6.07, 6.45) is -5.73. The fraction of sp³-hybridized carbons (Fsp3) is 0.339. The Kier molecular flexibility index (Phi) is 18.5. The van der Waals surface area contributed by atoms with E-state index in [0.29, 0.717) is 16.7 Å². The number of ether oxygens (including phenoxy) is 7. The van der Waals surface area contributed by atoms with Crippen molar-refractivity contribution in [3.05, 3.63) is 185 Å². The Morgan fingerprint density at radius 2 is 1.36 bits per heavy atom. The van der Waals surface area contributed by atoms with Gasteiger partial charge in [-0.3, -0.25) is 19.2 Å². The molecule has 2 heterocycles. The van der Waals surface area contributed by atoms with Gasteiger partial charge in [-0.05, 0) is 53.7 Å². The molecule has 0 bridgehead atoms. The highest BCUT2D eigenvalue weighted by Gasteiger charge is 2.49. The molecule has 7 rings (SSSR count). The lowest BCUT2D eigenvalue weighted by Crippen LogP contribution is -2.61. The van der Waals surface area contributed by atoms with Gasteiger partial charge in [-0.1, -0.05) is 151 Å². The Morgan fingerprint density at radius 1 is 0.757 bits per heavy atom. The minimum absolute atomic E-state index is 0.0211. The van der Waals surface area contributed by atoms with E-state index in [1.807, 2.05) is 73.7 Å². The molecule has 1 N–H and O–H groups in total. The number of allylic oxidation sites excluding steroid dienone is 1. The van der Waals surface area contributed by atoms with Gasteiger partial charge in [0, 0.05) is 32.6 Å². The third-order valence-electron chi connectivity index (χ3n) is 12.2. The van der Waals surface area contributed by atoms with E-state index in [0.717, 1.165) is 34.6 Å². The zero-order chi connectivity index (χ0) is 49.4. The summed E-state index contributed by atoms with van der Waals surface area (Å²) in [7, 11) is 1.47. The molecule has 2 aliphatic heterocycles. The molecule has 0 saturated carbocycles. The number of aliphatic hydroxyl groups is 1. The third kappa shape index (κ3) is 13.4.